The highest BCUT2D eigenvalue weighted by atomic mass is 16.6. The molecule has 1 aliphatic heterocycles. The van der Waals surface area contributed by atoms with Crippen molar-refractivity contribution in [1.82, 2.24) is 10.6 Å². The Labute approximate surface area is 128 Å². The minimum Gasteiger partial charge on any atom is -0.444 e. The van der Waals surface area contributed by atoms with E-state index in [1.54, 1.807) is 0 Å². The normalized spacial score (nSPS) is 22.1. The van der Waals surface area contributed by atoms with Crippen LogP contribution in [0.2, 0.25) is 0 Å². The van der Waals surface area contributed by atoms with Gasteiger partial charge in [0.15, 0.2) is 0 Å². The van der Waals surface area contributed by atoms with E-state index in [0.29, 0.717) is 24.8 Å². The molecular weight excluding hydrogens is 268 g/mol. The highest BCUT2D eigenvalue weighted by Gasteiger charge is 2.27. The fraction of sp³-hybridized carbons (Fsp3) is 0.875. The number of carbonyl (C=O) groups is 2. The second kappa shape index (κ2) is 8.37. The summed E-state index contributed by atoms with van der Waals surface area (Å²) < 4.78 is 5.17. The van der Waals surface area contributed by atoms with Crippen LogP contribution in [0.3, 0.4) is 0 Å². The van der Waals surface area contributed by atoms with Crippen LogP contribution in [-0.4, -0.2) is 36.1 Å². The predicted octanol–water partition coefficient (Wildman–Crippen LogP) is 2.78. The molecule has 1 rings (SSSR count). The van der Waals surface area contributed by atoms with Crippen molar-refractivity contribution in [2.75, 3.05) is 6.54 Å². The Hall–Kier alpha value is -1.10. The van der Waals surface area contributed by atoms with Gasteiger partial charge in [0.1, 0.15) is 11.4 Å². The minimum absolute atomic E-state index is 0.0693. The van der Waals surface area contributed by atoms with Crippen molar-refractivity contribution < 1.29 is 14.3 Å². The Kier molecular flexibility index (Phi) is 7.15. The van der Waals surface area contributed by atoms with Crippen LogP contribution in [-0.2, 0) is 9.53 Å². The van der Waals surface area contributed by atoms with Gasteiger partial charge in [-0.15, -0.1) is 0 Å². The molecule has 0 aliphatic carbocycles. The fourth-order valence-electron chi connectivity index (χ4n) is 2.57. The summed E-state index contributed by atoms with van der Waals surface area (Å²) in [5.41, 5.74) is -0.446. The Bertz CT molecular complexity index is 350. The molecule has 1 amide bonds. The summed E-state index contributed by atoms with van der Waals surface area (Å²) in [4.78, 5) is 23.0. The number of ether oxygens (including phenoxy) is 1. The molecule has 1 saturated heterocycles. The number of carbonyl (C=O) groups excluding carboxylic acids is 2. The highest BCUT2D eigenvalue weighted by molar-refractivity contribution is 5.84. The van der Waals surface area contributed by atoms with E-state index >= 15 is 0 Å². The number of amides is 1. The van der Waals surface area contributed by atoms with Crippen molar-refractivity contribution >= 4 is 11.9 Å². The van der Waals surface area contributed by atoms with Gasteiger partial charge in [-0.25, -0.2) is 4.79 Å². The minimum atomic E-state index is -0.446. The average molecular weight is 298 g/mol. The number of unbranched alkanes of at least 4 members (excludes halogenated alkanes) is 1. The molecule has 0 aromatic carbocycles. The van der Waals surface area contributed by atoms with E-state index in [9.17, 15) is 9.59 Å². The van der Waals surface area contributed by atoms with Crippen LogP contribution in [0.15, 0.2) is 0 Å². The molecule has 0 spiro atoms. The maximum atomic E-state index is 11.6. The zero-order valence-electron chi connectivity index (χ0n) is 13.8. The molecule has 1 fully saturated rings. The number of hydrogen-bond acceptors (Lipinski definition) is 4. The largest absolute Gasteiger partial charge is 0.444 e. The van der Waals surface area contributed by atoms with Gasteiger partial charge in [-0.3, -0.25) is 4.79 Å². The molecular formula is C16H30N2O3. The van der Waals surface area contributed by atoms with Crippen LogP contribution in [0.1, 0.15) is 66.2 Å². The van der Waals surface area contributed by atoms with E-state index in [4.69, 9.17) is 4.74 Å². The third kappa shape index (κ3) is 7.46. The van der Waals surface area contributed by atoms with E-state index in [1.807, 2.05) is 27.7 Å². The average Bonchev–Trinajstić information content (AvgIpc) is 2.84. The topological polar surface area (TPSA) is 67.4 Å². The number of alkyl carbamates (subject to hydrolysis) is 1. The Morgan fingerprint density at radius 2 is 1.95 bits per heavy atom. The van der Waals surface area contributed by atoms with Crippen LogP contribution in [0.5, 0.6) is 0 Å². The molecule has 1 aliphatic rings. The first-order valence-electron chi connectivity index (χ1n) is 8.07. The third-order valence-corrected chi connectivity index (χ3v) is 3.63. The molecule has 5 heteroatoms. The third-order valence-electron chi connectivity index (χ3n) is 3.63. The van der Waals surface area contributed by atoms with E-state index in [-0.39, 0.29) is 12.1 Å². The maximum Gasteiger partial charge on any atom is 0.407 e. The van der Waals surface area contributed by atoms with Gasteiger partial charge in [0.25, 0.3) is 0 Å². The van der Waals surface area contributed by atoms with Crippen molar-refractivity contribution in [3.05, 3.63) is 0 Å². The lowest BCUT2D eigenvalue weighted by Crippen LogP contribution is -2.35. The second-order valence-corrected chi connectivity index (χ2v) is 6.74. The Balaban J connectivity index is 2.05. The Morgan fingerprint density at radius 1 is 1.24 bits per heavy atom. The van der Waals surface area contributed by atoms with Crippen LogP contribution in [0, 0.1) is 0 Å². The fourth-order valence-corrected chi connectivity index (χ4v) is 2.57. The molecule has 0 aromatic rings. The second-order valence-electron chi connectivity index (χ2n) is 6.74. The van der Waals surface area contributed by atoms with Crippen molar-refractivity contribution in [3.8, 4) is 0 Å². The monoisotopic (exact) mass is 298 g/mol. The summed E-state index contributed by atoms with van der Waals surface area (Å²) in [7, 11) is 0. The number of ketones is 1. The van der Waals surface area contributed by atoms with E-state index in [0.717, 1.165) is 32.1 Å². The molecule has 0 aromatic heterocycles. The summed E-state index contributed by atoms with van der Waals surface area (Å²) in [5.74, 6) is 0.323. The lowest BCUT2D eigenvalue weighted by molar-refractivity contribution is -0.120. The van der Waals surface area contributed by atoms with Crippen LogP contribution in [0.25, 0.3) is 0 Å². The predicted molar refractivity (Wildman–Crippen MR) is 83.3 cm³/mol. The summed E-state index contributed by atoms with van der Waals surface area (Å²) in [6.07, 6.45) is 5.34. The maximum absolute atomic E-state index is 11.6. The number of rotatable bonds is 7. The molecule has 122 valence electrons. The SMILES string of the molecule is CCC(=O)C1CCC(CCCCNC(=O)OC(C)(C)C)N1. The van der Waals surface area contributed by atoms with Crippen molar-refractivity contribution in [3.63, 3.8) is 0 Å². The first kappa shape index (κ1) is 18.0. The van der Waals surface area contributed by atoms with E-state index in [2.05, 4.69) is 10.6 Å². The quantitative estimate of drug-likeness (QED) is 0.709. The Morgan fingerprint density at radius 3 is 2.57 bits per heavy atom. The van der Waals surface area contributed by atoms with Crippen LogP contribution >= 0.6 is 0 Å². The molecule has 2 unspecified atom stereocenters. The summed E-state index contributed by atoms with van der Waals surface area (Å²) in [6.45, 7) is 8.11. The van der Waals surface area contributed by atoms with Crippen molar-refractivity contribution in [2.45, 2.75) is 83.9 Å². The lowest BCUT2D eigenvalue weighted by Gasteiger charge is -2.19. The molecule has 5 nitrogen and oxygen atoms in total. The summed E-state index contributed by atoms with van der Waals surface area (Å²) in [6, 6.07) is 0.520. The van der Waals surface area contributed by atoms with Gasteiger partial charge in [-0.2, -0.15) is 0 Å². The number of hydrogen-bond donors (Lipinski definition) is 2. The summed E-state index contributed by atoms with van der Waals surface area (Å²) >= 11 is 0. The molecule has 2 N–H and O–H groups in total. The van der Waals surface area contributed by atoms with Crippen molar-refractivity contribution in [2.24, 2.45) is 0 Å². The number of nitrogens with one attached hydrogen (secondary N) is 2. The molecule has 21 heavy (non-hydrogen) atoms. The van der Waals surface area contributed by atoms with E-state index < -0.39 is 5.60 Å². The molecule has 0 radical (unpaired) electrons. The highest BCUT2D eigenvalue weighted by Crippen LogP contribution is 2.18. The van der Waals surface area contributed by atoms with E-state index in [1.165, 1.54) is 0 Å². The van der Waals surface area contributed by atoms with Gasteiger partial charge in [0.2, 0.25) is 0 Å². The first-order valence-corrected chi connectivity index (χ1v) is 8.07. The lowest BCUT2D eigenvalue weighted by atomic mass is 10.1. The van der Waals surface area contributed by atoms with Crippen molar-refractivity contribution in [1.29, 1.82) is 0 Å². The van der Waals surface area contributed by atoms with Gasteiger partial charge >= 0.3 is 6.09 Å². The van der Waals surface area contributed by atoms with Gasteiger partial charge in [0, 0.05) is 19.0 Å². The molecule has 0 saturated carbocycles. The smallest absolute Gasteiger partial charge is 0.407 e. The zero-order chi connectivity index (χ0) is 15.9. The summed E-state index contributed by atoms with van der Waals surface area (Å²) in [5, 5.41) is 6.18. The number of Topliss-reactive ketones (excluding diaryl/α,β-unsaturated/α-hetero) is 1. The molecule has 1 heterocycles. The first-order chi connectivity index (χ1) is 9.81. The van der Waals surface area contributed by atoms with Crippen LogP contribution < -0.4 is 10.6 Å². The molecule has 0 bridgehead atoms. The van der Waals surface area contributed by atoms with Gasteiger partial charge < -0.3 is 15.4 Å². The van der Waals surface area contributed by atoms with Crippen LogP contribution in [0.4, 0.5) is 4.79 Å². The van der Waals surface area contributed by atoms with Gasteiger partial charge in [-0.1, -0.05) is 13.3 Å². The molecule has 2 atom stereocenters. The van der Waals surface area contributed by atoms with Gasteiger partial charge in [-0.05, 0) is 46.5 Å². The zero-order valence-corrected chi connectivity index (χ0v) is 13.8. The standard InChI is InChI=1S/C16H30N2O3/c1-5-14(19)13-10-9-12(18-13)8-6-7-11-17-15(20)21-16(2,3)4/h12-13,18H,5-11H2,1-4H3,(H,17,20). The van der Waals surface area contributed by atoms with Gasteiger partial charge in [0.05, 0.1) is 6.04 Å².